The minimum atomic E-state index is -3.69. The van der Waals surface area contributed by atoms with Gasteiger partial charge in [-0.05, 0) is 106 Å². The molecule has 1 aliphatic carbocycles. The third kappa shape index (κ3) is 9.38. The van der Waals surface area contributed by atoms with E-state index in [1.165, 1.54) is 11.3 Å². The number of likely N-dealkylation sites (tertiary alicyclic amines) is 1. The Balaban J connectivity index is 0.913. The average molecular weight is 848 g/mol. The second-order valence-corrected chi connectivity index (χ2v) is 20.2. The highest BCUT2D eigenvalue weighted by atomic mass is 32.1. The van der Waals surface area contributed by atoms with E-state index >= 15 is 0 Å². The van der Waals surface area contributed by atoms with Crippen molar-refractivity contribution in [2.75, 3.05) is 45.9 Å². The number of amides is 4. The molecule has 2 aromatic carbocycles. The number of carbonyl (C=O) groups excluding carboxylic acids is 5. The number of morpholine rings is 1. The van der Waals surface area contributed by atoms with E-state index in [4.69, 9.17) is 14.0 Å². The highest BCUT2D eigenvalue weighted by Crippen LogP contribution is 2.51. The first kappa shape index (κ1) is 41.4. The van der Waals surface area contributed by atoms with Crippen LogP contribution in [0.1, 0.15) is 68.1 Å². The van der Waals surface area contributed by atoms with Gasteiger partial charge in [-0.1, -0.05) is 24.3 Å². The van der Waals surface area contributed by atoms with E-state index in [9.17, 15) is 28.5 Å². The standard InChI is InChI=1S/C43H54N5O9PS/c1-26(2)56-43(53)27(3)45-58(54,57-35-7-5-4-6-8-35)25-28-9-12-37-31(17-28)21-38(59-37)39(49)44-22-32-19-29-18-30(29)20-34-10-11-36(48(34)41(32)51)42(52)47-23-33(24-47)40(50)46-13-15-55-16-14-46/h4-9,12,17,21,26-27,29-30,32-34,36H,10-11,13-16,18-20,22-25H2,1-3H3,(H,44,49)(H,45,54)/t27-,29-,30+,32?,34+,36-,58?/m0/s1. The average Bonchev–Trinajstić information content (AvgIpc) is 3.54. The monoisotopic (exact) mass is 847 g/mol. The maximum absolute atomic E-state index is 14.3. The summed E-state index contributed by atoms with van der Waals surface area (Å²) in [4.78, 5) is 73.4. The fraction of sp³-hybridized carbons (Fsp3) is 0.558. The van der Waals surface area contributed by atoms with Crippen molar-refractivity contribution in [2.45, 2.75) is 83.3 Å². The molecule has 14 nitrogen and oxygen atoms in total. The molecule has 8 rings (SSSR count). The van der Waals surface area contributed by atoms with Crippen molar-refractivity contribution in [1.29, 1.82) is 0 Å². The highest BCUT2D eigenvalue weighted by molar-refractivity contribution is 7.56. The molecular formula is C43H54N5O9PS. The molecule has 0 radical (unpaired) electrons. The van der Waals surface area contributed by atoms with Gasteiger partial charge >= 0.3 is 13.5 Å². The van der Waals surface area contributed by atoms with Crippen LogP contribution < -0.4 is 14.9 Å². The number of nitrogens with zero attached hydrogens (tertiary/aromatic N) is 3. The van der Waals surface area contributed by atoms with Gasteiger partial charge in [0.2, 0.25) is 17.7 Å². The van der Waals surface area contributed by atoms with Gasteiger partial charge in [0.1, 0.15) is 17.8 Å². The Morgan fingerprint density at radius 2 is 1.66 bits per heavy atom. The molecule has 0 spiro atoms. The molecule has 5 fully saturated rings. The fourth-order valence-corrected chi connectivity index (χ4v) is 12.1. The number of para-hydroxylation sites is 1. The van der Waals surface area contributed by atoms with Crippen LogP contribution in [0.15, 0.2) is 54.6 Å². The van der Waals surface area contributed by atoms with Crippen LogP contribution in [-0.4, -0.2) is 114 Å². The molecule has 0 bridgehead atoms. The molecule has 5 heterocycles. The number of carbonyl (C=O) groups is 5. The molecule has 2 unspecified atom stereocenters. The minimum absolute atomic E-state index is 0.00877. The van der Waals surface area contributed by atoms with Crippen molar-refractivity contribution in [3.05, 3.63) is 65.0 Å². The van der Waals surface area contributed by atoms with Crippen LogP contribution in [0.4, 0.5) is 0 Å². The number of rotatable bonds is 13. The largest absolute Gasteiger partial charge is 0.462 e. The second kappa shape index (κ2) is 17.4. The predicted molar refractivity (Wildman–Crippen MR) is 222 cm³/mol. The highest BCUT2D eigenvalue weighted by Gasteiger charge is 2.52. The number of esters is 1. The molecule has 4 saturated heterocycles. The number of thiophene rings is 1. The molecule has 4 amide bonds. The topological polar surface area (TPSA) is 164 Å². The third-order valence-electron chi connectivity index (χ3n) is 12.3. The van der Waals surface area contributed by atoms with Gasteiger partial charge in [-0.3, -0.25) is 28.5 Å². The molecule has 316 valence electrons. The Hall–Kier alpha value is -4.30. The van der Waals surface area contributed by atoms with Crippen molar-refractivity contribution >= 4 is 58.5 Å². The maximum atomic E-state index is 14.3. The van der Waals surface area contributed by atoms with Crippen LogP contribution in [0.25, 0.3) is 10.1 Å². The number of hydrogen-bond acceptors (Lipinski definition) is 10. The summed E-state index contributed by atoms with van der Waals surface area (Å²) >= 11 is 1.33. The van der Waals surface area contributed by atoms with Crippen LogP contribution in [0.5, 0.6) is 5.75 Å². The van der Waals surface area contributed by atoms with Gasteiger partial charge in [-0.25, -0.2) is 5.09 Å². The Bertz CT molecular complexity index is 2120. The van der Waals surface area contributed by atoms with Gasteiger partial charge in [0.25, 0.3) is 5.91 Å². The van der Waals surface area contributed by atoms with E-state index < -0.39 is 31.5 Å². The summed E-state index contributed by atoms with van der Waals surface area (Å²) in [7, 11) is -3.69. The summed E-state index contributed by atoms with van der Waals surface area (Å²) in [6, 6.07) is 14.7. The molecule has 59 heavy (non-hydrogen) atoms. The quantitative estimate of drug-likeness (QED) is 0.176. The van der Waals surface area contributed by atoms with Crippen molar-refractivity contribution in [3.63, 3.8) is 0 Å². The van der Waals surface area contributed by atoms with Crippen molar-refractivity contribution in [2.24, 2.45) is 23.7 Å². The van der Waals surface area contributed by atoms with Gasteiger partial charge in [0, 0.05) is 43.5 Å². The summed E-state index contributed by atoms with van der Waals surface area (Å²) in [5.41, 5.74) is 0.694. The number of hydrogen-bond donors (Lipinski definition) is 2. The van der Waals surface area contributed by atoms with Crippen LogP contribution in [0.3, 0.4) is 0 Å². The van der Waals surface area contributed by atoms with E-state index in [1.54, 1.807) is 56.0 Å². The smallest absolute Gasteiger partial charge is 0.323 e. The van der Waals surface area contributed by atoms with E-state index in [1.807, 2.05) is 34.1 Å². The summed E-state index contributed by atoms with van der Waals surface area (Å²) < 4.78 is 31.9. The molecule has 4 aliphatic heterocycles. The molecule has 2 N–H and O–H groups in total. The lowest BCUT2D eigenvalue weighted by molar-refractivity contribution is -0.157. The lowest BCUT2D eigenvalue weighted by Crippen LogP contribution is -2.62. The zero-order valence-electron chi connectivity index (χ0n) is 33.9. The molecule has 1 aromatic heterocycles. The Labute approximate surface area is 348 Å². The van der Waals surface area contributed by atoms with Gasteiger partial charge < -0.3 is 34.0 Å². The zero-order valence-corrected chi connectivity index (χ0v) is 35.6. The van der Waals surface area contributed by atoms with E-state index in [0.717, 1.165) is 29.3 Å². The van der Waals surface area contributed by atoms with Gasteiger partial charge in [0.05, 0.1) is 42.2 Å². The maximum Gasteiger partial charge on any atom is 0.323 e. The van der Waals surface area contributed by atoms with E-state index in [2.05, 4.69) is 10.4 Å². The fourth-order valence-electron chi connectivity index (χ4n) is 9.13. The van der Waals surface area contributed by atoms with Crippen LogP contribution in [0.2, 0.25) is 0 Å². The van der Waals surface area contributed by atoms with Gasteiger partial charge in [0.15, 0.2) is 0 Å². The summed E-state index contributed by atoms with van der Waals surface area (Å²) in [6.45, 7) is 8.24. The van der Waals surface area contributed by atoms with Crippen molar-refractivity contribution in [1.82, 2.24) is 25.1 Å². The van der Waals surface area contributed by atoms with E-state index in [0.29, 0.717) is 80.3 Å². The van der Waals surface area contributed by atoms with Crippen molar-refractivity contribution < 1.29 is 42.5 Å². The molecular weight excluding hydrogens is 794 g/mol. The molecule has 16 heteroatoms. The lowest BCUT2D eigenvalue weighted by atomic mass is 9.93. The SMILES string of the molecule is CC(C)OC(=O)[C@H](C)NP(=O)(Cc1ccc2sc(C(=O)NCC3C[C@@H]4C[C@@H]4C[C@H]4CC[C@@H](C(=O)N5CC(C(=O)N6CCOCC6)C5)N4C3=O)cc2c1)Oc1ccccc1. The summed E-state index contributed by atoms with van der Waals surface area (Å²) in [6.07, 6.45) is 3.70. The van der Waals surface area contributed by atoms with Crippen molar-refractivity contribution in [3.8, 4) is 5.75 Å². The third-order valence-corrected chi connectivity index (χ3v) is 15.5. The lowest BCUT2D eigenvalue weighted by Gasteiger charge is -2.44. The van der Waals surface area contributed by atoms with Gasteiger partial charge in [-0.15, -0.1) is 11.3 Å². The first-order chi connectivity index (χ1) is 28.3. The molecule has 7 atom stereocenters. The molecule has 1 saturated carbocycles. The second-order valence-electron chi connectivity index (χ2n) is 17.1. The first-order valence-electron chi connectivity index (χ1n) is 20.9. The Kier molecular flexibility index (Phi) is 12.2. The van der Waals surface area contributed by atoms with Crippen LogP contribution in [-0.2, 0) is 39.4 Å². The number of fused-ring (bicyclic) bond motifs is 3. The number of nitrogens with one attached hydrogen (secondary N) is 2. The zero-order chi connectivity index (χ0) is 41.4. The number of benzene rings is 2. The summed E-state index contributed by atoms with van der Waals surface area (Å²) in [5.74, 6) is -0.172. The molecule has 5 aliphatic rings. The first-order valence-corrected chi connectivity index (χ1v) is 23.6. The normalized spacial score (nSPS) is 25.9. The minimum Gasteiger partial charge on any atom is -0.462 e. The Morgan fingerprint density at radius 3 is 2.41 bits per heavy atom. The van der Waals surface area contributed by atoms with Gasteiger partial charge in [-0.2, -0.15) is 0 Å². The Morgan fingerprint density at radius 1 is 0.915 bits per heavy atom. The van der Waals surface area contributed by atoms with Crippen LogP contribution in [0, 0.1) is 23.7 Å². The van der Waals surface area contributed by atoms with Crippen LogP contribution >= 0.6 is 18.9 Å². The summed E-state index contributed by atoms with van der Waals surface area (Å²) in [5, 5.41) is 6.75. The van der Waals surface area contributed by atoms with E-state index in [-0.39, 0.29) is 54.4 Å². The number of ether oxygens (including phenoxy) is 2. The molecule has 3 aromatic rings. The predicted octanol–water partition coefficient (Wildman–Crippen LogP) is 5.06.